The van der Waals surface area contributed by atoms with E-state index in [0.29, 0.717) is 11.4 Å². The summed E-state index contributed by atoms with van der Waals surface area (Å²) in [5.74, 6) is -0.313. The van der Waals surface area contributed by atoms with Gasteiger partial charge in [0, 0.05) is 10.9 Å². The van der Waals surface area contributed by atoms with Crippen LogP contribution in [0.5, 0.6) is 5.75 Å². The van der Waals surface area contributed by atoms with Crippen molar-refractivity contribution in [1.82, 2.24) is 0 Å². The van der Waals surface area contributed by atoms with Crippen LogP contribution in [-0.2, 0) is 16.0 Å². The molecule has 3 aromatic rings. The van der Waals surface area contributed by atoms with Crippen LogP contribution < -0.4 is 10.1 Å². The molecule has 0 atom stereocenters. The molecule has 1 amide bonds. The first kappa shape index (κ1) is 17.5. The van der Waals surface area contributed by atoms with Crippen molar-refractivity contribution in [2.75, 3.05) is 19.5 Å². The first-order valence-electron chi connectivity index (χ1n) is 8.04. The van der Waals surface area contributed by atoms with Crippen molar-refractivity contribution in [3.8, 4) is 5.75 Å². The number of hydrogen-bond acceptors (Lipinski definition) is 5. The van der Waals surface area contributed by atoms with Crippen LogP contribution in [0.3, 0.4) is 0 Å². The fourth-order valence-electron chi connectivity index (χ4n) is 2.73. The zero-order valence-corrected chi connectivity index (χ0v) is 14.8. The van der Waals surface area contributed by atoms with Gasteiger partial charge in [0.15, 0.2) is 0 Å². The first-order chi connectivity index (χ1) is 12.5. The van der Waals surface area contributed by atoms with Gasteiger partial charge in [0.05, 0.1) is 38.2 Å². The minimum atomic E-state index is -0.552. The van der Waals surface area contributed by atoms with Gasteiger partial charge < -0.3 is 19.2 Å². The Hall–Kier alpha value is -3.28. The van der Waals surface area contributed by atoms with E-state index < -0.39 is 5.97 Å². The molecule has 1 heterocycles. The van der Waals surface area contributed by atoms with Gasteiger partial charge in [0.25, 0.3) is 0 Å². The molecule has 26 heavy (non-hydrogen) atoms. The predicted molar refractivity (Wildman–Crippen MR) is 97.6 cm³/mol. The number of hydrogen-bond donors (Lipinski definition) is 1. The molecule has 0 unspecified atom stereocenters. The maximum absolute atomic E-state index is 12.5. The Balaban J connectivity index is 1.82. The van der Waals surface area contributed by atoms with Gasteiger partial charge in [-0.25, -0.2) is 4.79 Å². The van der Waals surface area contributed by atoms with E-state index in [0.717, 1.165) is 22.1 Å². The average Bonchev–Trinajstić information content (AvgIpc) is 3.03. The van der Waals surface area contributed by atoms with Gasteiger partial charge >= 0.3 is 5.97 Å². The summed E-state index contributed by atoms with van der Waals surface area (Å²) in [7, 11) is 2.79. The fraction of sp³-hybridized carbons (Fsp3) is 0.200. The van der Waals surface area contributed by atoms with E-state index in [1.807, 2.05) is 25.1 Å². The molecular weight excluding hydrogens is 334 g/mol. The number of furan rings is 1. The summed E-state index contributed by atoms with van der Waals surface area (Å²) in [6.07, 6.45) is 1.71. The molecule has 0 aliphatic carbocycles. The van der Waals surface area contributed by atoms with Gasteiger partial charge in [-0.3, -0.25) is 4.79 Å². The third-order valence-electron chi connectivity index (χ3n) is 4.07. The number of amides is 1. The smallest absolute Gasteiger partial charge is 0.340 e. The standard InChI is InChI=1S/C20H19NO5/c1-12-4-6-15-13(11-26-18(15)8-12)9-19(22)21-17-7-5-14(24-2)10-16(17)20(23)25-3/h4-8,10-11H,9H2,1-3H3,(H,21,22). The Morgan fingerprint density at radius 2 is 1.92 bits per heavy atom. The number of esters is 1. The summed E-state index contributed by atoms with van der Waals surface area (Å²) in [5.41, 5.74) is 3.21. The van der Waals surface area contributed by atoms with Gasteiger partial charge in [-0.05, 0) is 36.8 Å². The second kappa shape index (κ2) is 7.31. The van der Waals surface area contributed by atoms with Crippen molar-refractivity contribution < 1.29 is 23.5 Å². The quantitative estimate of drug-likeness (QED) is 0.708. The third-order valence-corrected chi connectivity index (χ3v) is 4.07. The van der Waals surface area contributed by atoms with E-state index in [2.05, 4.69) is 5.32 Å². The highest BCUT2D eigenvalue weighted by molar-refractivity contribution is 6.02. The highest BCUT2D eigenvalue weighted by Gasteiger charge is 2.17. The van der Waals surface area contributed by atoms with Crippen molar-refractivity contribution in [2.24, 2.45) is 0 Å². The largest absolute Gasteiger partial charge is 0.497 e. The van der Waals surface area contributed by atoms with E-state index >= 15 is 0 Å². The van der Waals surface area contributed by atoms with Crippen LogP contribution in [0, 0.1) is 6.92 Å². The normalized spacial score (nSPS) is 10.6. The summed E-state index contributed by atoms with van der Waals surface area (Å²) in [6.45, 7) is 1.98. The summed E-state index contributed by atoms with van der Waals surface area (Å²) in [5, 5.41) is 3.65. The molecule has 134 valence electrons. The molecular formula is C20H19NO5. The number of nitrogens with one attached hydrogen (secondary N) is 1. The van der Waals surface area contributed by atoms with Crippen molar-refractivity contribution in [2.45, 2.75) is 13.3 Å². The zero-order valence-electron chi connectivity index (χ0n) is 14.8. The van der Waals surface area contributed by atoms with Crippen LogP contribution in [0.1, 0.15) is 21.5 Å². The molecule has 3 rings (SSSR count). The van der Waals surface area contributed by atoms with Crippen LogP contribution in [0.4, 0.5) is 5.69 Å². The summed E-state index contributed by atoms with van der Waals surface area (Å²) in [4.78, 5) is 24.4. The number of aryl methyl sites for hydroxylation is 1. The van der Waals surface area contributed by atoms with Crippen LogP contribution in [-0.4, -0.2) is 26.1 Å². The number of benzene rings is 2. The number of fused-ring (bicyclic) bond motifs is 1. The predicted octanol–water partition coefficient (Wildman–Crippen LogP) is 3.72. The first-order valence-corrected chi connectivity index (χ1v) is 8.04. The van der Waals surface area contributed by atoms with E-state index in [4.69, 9.17) is 13.9 Å². The maximum Gasteiger partial charge on any atom is 0.340 e. The van der Waals surface area contributed by atoms with Crippen LogP contribution >= 0.6 is 0 Å². The summed E-state index contributed by atoms with van der Waals surface area (Å²) >= 11 is 0. The molecule has 1 N–H and O–H groups in total. The monoisotopic (exact) mass is 353 g/mol. The van der Waals surface area contributed by atoms with E-state index in [1.54, 1.807) is 18.4 Å². The van der Waals surface area contributed by atoms with Crippen LogP contribution in [0.15, 0.2) is 47.1 Å². The van der Waals surface area contributed by atoms with Crippen molar-refractivity contribution >= 4 is 28.5 Å². The molecule has 6 nitrogen and oxygen atoms in total. The molecule has 0 saturated heterocycles. The van der Waals surface area contributed by atoms with Gasteiger partial charge in [0.2, 0.25) is 5.91 Å². The lowest BCUT2D eigenvalue weighted by molar-refractivity contribution is -0.115. The number of anilines is 1. The average molecular weight is 353 g/mol. The Morgan fingerprint density at radius 3 is 2.65 bits per heavy atom. The van der Waals surface area contributed by atoms with E-state index in [-0.39, 0.29) is 17.9 Å². The minimum absolute atomic E-state index is 0.128. The van der Waals surface area contributed by atoms with Crippen LogP contribution in [0.2, 0.25) is 0 Å². The number of carbonyl (C=O) groups excluding carboxylic acids is 2. The lowest BCUT2D eigenvalue weighted by Gasteiger charge is -2.11. The SMILES string of the molecule is COC(=O)c1cc(OC)ccc1NC(=O)Cc1coc2cc(C)ccc12. The number of ether oxygens (including phenoxy) is 2. The Morgan fingerprint density at radius 1 is 1.12 bits per heavy atom. The molecule has 0 aliphatic heterocycles. The van der Waals surface area contributed by atoms with Gasteiger partial charge in [0.1, 0.15) is 11.3 Å². The Kier molecular flexibility index (Phi) is 4.93. The molecule has 1 aromatic heterocycles. The Labute approximate surface area is 150 Å². The van der Waals surface area contributed by atoms with Crippen LogP contribution in [0.25, 0.3) is 11.0 Å². The minimum Gasteiger partial charge on any atom is -0.497 e. The van der Waals surface area contributed by atoms with Gasteiger partial charge in [-0.1, -0.05) is 12.1 Å². The van der Waals surface area contributed by atoms with Gasteiger partial charge in [-0.2, -0.15) is 0 Å². The zero-order chi connectivity index (χ0) is 18.7. The molecule has 0 spiro atoms. The van der Waals surface area contributed by atoms with Gasteiger partial charge in [-0.15, -0.1) is 0 Å². The van der Waals surface area contributed by atoms with Crippen molar-refractivity contribution in [1.29, 1.82) is 0 Å². The topological polar surface area (TPSA) is 77.8 Å². The highest BCUT2D eigenvalue weighted by atomic mass is 16.5. The second-order valence-corrected chi connectivity index (χ2v) is 5.89. The lowest BCUT2D eigenvalue weighted by atomic mass is 10.1. The molecule has 0 aliphatic rings. The lowest BCUT2D eigenvalue weighted by Crippen LogP contribution is -2.17. The third kappa shape index (κ3) is 3.54. The van der Waals surface area contributed by atoms with Crippen molar-refractivity contribution in [3.05, 3.63) is 59.4 Å². The molecule has 0 fully saturated rings. The fourth-order valence-corrected chi connectivity index (χ4v) is 2.73. The number of rotatable bonds is 5. The summed E-state index contributed by atoms with van der Waals surface area (Å²) < 4.78 is 15.4. The van der Waals surface area contributed by atoms with E-state index in [1.165, 1.54) is 20.3 Å². The molecule has 2 aromatic carbocycles. The van der Waals surface area contributed by atoms with E-state index in [9.17, 15) is 9.59 Å². The highest BCUT2D eigenvalue weighted by Crippen LogP contribution is 2.25. The number of carbonyl (C=O) groups is 2. The Bertz CT molecular complexity index is 973. The molecule has 0 saturated carbocycles. The molecule has 0 radical (unpaired) electrons. The second-order valence-electron chi connectivity index (χ2n) is 5.89. The molecule has 6 heteroatoms. The number of methoxy groups -OCH3 is 2. The maximum atomic E-state index is 12.5. The molecule has 0 bridgehead atoms. The summed E-state index contributed by atoms with van der Waals surface area (Å²) in [6, 6.07) is 10.6. The van der Waals surface area contributed by atoms with Crippen molar-refractivity contribution in [3.63, 3.8) is 0 Å².